The fourth-order valence-electron chi connectivity index (χ4n) is 2.37. The summed E-state index contributed by atoms with van der Waals surface area (Å²) in [5, 5.41) is 14.8. The van der Waals surface area contributed by atoms with Crippen LogP contribution >= 0.6 is 0 Å². The summed E-state index contributed by atoms with van der Waals surface area (Å²) in [4.78, 5) is 4.24. The fraction of sp³-hybridized carbons (Fsp3) is 0.500. The van der Waals surface area contributed by atoms with Gasteiger partial charge in [0.1, 0.15) is 18.0 Å². The molecule has 2 rings (SSSR count). The van der Waals surface area contributed by atoms with Crippen molar-refractivity contribution in [3.05, 3.63) is 47.8 Å². The molecule has 2 aromatic rings. The first-order valence-corrected chi connectivity index (χ1v) is 7.19. The van der Waals surface area contributed by atoms with Crippen molar-refractivity contribution in [3.63, 3.8) is 0 Å². The zero-order chi connectivity index (χ0) is 15.5. The van der Waals surface area contributed by atoms with Crippen molar-refractivity contribution in [2.45, 2.75) is 45.8 Å². The second kappa shape index (κ2) is 6.35. The minimum Gasteiger partial charge on any atom is -0.389 e. The van der Waals surface area contributed by atoms with E-state index in [9.17, 15) is 9.50 Å². The van der Waals surface area contributed by atoms with E-state index in [0.29, 0.717) is 18.8 Å². The standard InChI is InChI=1S/C16H22FN3O/c1-12(2)10-20-15(18-11-19-20)9-16(3,21)8-13-4-6-14(17)7-5-13/h4-7,11-12,21H,8-10H2,1-3H3. The molecule has 1 heterocycles. The Balaban J connectivity index is 2.06. The third-order valence-electron chi connectivity index (χ3n) is 3.27. The molecule has 0 aliphatic heterocycles. The van der Waals surface area contributed by atoms with Gasteiger partial charge in [-0.2, -0.15) is 5.10 Å². The molecule has 0 fully saturated rings. The lowest BCUT2D eigenvalue weighted by Crippen LogP contribution is -2.32. The van der Waals surface area contributed by atoms with Crippen LogP contribution < -0.4 is 0 Å². The first-order chi connectivity index (χ1) is 9.85. The summed E-state index contributed by atoms with van der Waals surface area (Å²) in [6, 6.07) is 6.21. The summed E-state index contributed by atoms with van der Waals surface area (Å²) in [6.45, 7) is 6.77. The minimum absolute atomic E-state index is 0.268. The van der Waals surface area contributed by atoms with E-state index in [4.69, 9.17) is 0 Å². The van der Waals surface area contributed by atoms with Gasteiger partial charge in [-0.25, -0.2) is 14.1 Å². The van der Waals surface area contributed by atoms with Crippen molar-refractivity contribution in [2.24, 2.45) is 5.92 Å². The van der Waals surface area contributed by atoms with Crippen LogP contribution in [0.3, 0.4) is 0 Å². The van der Waals surface area contributed by atoms with Gasteiger partial charge >= 0.3 is 0 Å². The molecule has 0 radical (unpaired) electrons. The number of rotatable bonds is 6. The first kappa shape index (κ1) is 15.6. The van der Waals surface area contributed by atoms with Crippen LogP contribution in [0.4, 0.5) is 4.39 Å². The summed E-state index contributed by atoms with van der Waals surface area (Å²) < 4.78 is 14.8. The molecule has 1 atom stereocenters. The van der Waals surface area contributed by atoms with Crippen molar-refractivity contribution >= 4 is 0 Å². The number of aliphatic hydroxyl groups is 1. The summed E-state index contributed by atoms with van der Waals surface area (Å²) >= 11 is 0. The molecule has 114 valence electrons. The van der Waals surface area contributed by atoms with E-state index in [0.717, 1.165) is 17.9 Å². The third-order valence-corrected chi connectivity index (χ3v) is 3.27. The predicted molar refractivity (Wildman–Crippen MR) is 79.3 cm³/mol. The monoisotopic (exact) mass is 291 g/mol. The van der Waals surface area contributed by atoms with E-state index in [1.54, 1.807) is 19.1 Å². The molecule has 0 spiro atoms. The van der Waals surface area contributed by atoms with Gasteiger partial charge in [0.25, 0.3) is 0 Å². The number of aromatic nitrogens is 3. The van der Waals surface area contributed by atoms with Gasteiger partial charge < -0.3 is 5.11 Å². The Hall–Kier alpha value is -1.75. The van der Waals surface area contributed by atoms with Gasteiger partial charge in [0, 0.05) is 19.4 Å². The zero-order valence-corrected chi connectivity index (χ0v) is 12.8. The Morgan fingerprint density at radius 2 is 1.90 bits per heavy atom. The highest BCUT2D eigenvalue weighted by atomic mass is 19.1. The molecule has 0 bridgehead atoms. The van der Waals surface area contributed by atoms with Gasteiger partial charge in [0.15, 0.2) is 0 Å². The topological polar surface area (TPSA) is 50.9 Å². The van der Waals surface area contributed by atoms with Crippen LogP contribution in [0.5, 0.6) is 0 Å². The second-order valence-corrected chi connectivity index (χ2v) is 6.23. The summed E-state index contributed by atoms with van der Waals surface area (Å²) in [6.07, 6.45) is 2.38. The highest BCUT2D eigenvalue weighted by Crippen LogP contribution is 2.18. The van der Waals surface area contributed by atoms with Crippen LogP contribution in [-0.2, 0) is 19.4 Å². The SMILES string of the molecule is CC(C)Cn1ncnc1CC(C)(O)Cc1ccc(F)cc1. The molecular formula is C16H22FN3O. The molecule has 1 aromatic heterocycles. The van der Waals surface area contributed by atoms with E-state index in [1.165, 1.54) is 18.5 Å². The largest absolute Gasteiger partial charge is 0.389 e. The summed E-state index contributed by atoms with van der Waals surface area (Å²) in [5.41, 5.74) is -0.0455. The quantitative estimate of drug-likeness (QED) is 0.890. The predicted octanol–water partition coefficient (Wildman–Crippen LogP) is 2.61. The van der Waals surface area contributed by atoms with Gasteiger partial charge in [0.2, 0.25) is 0 Å². The number of hydrogen-bond acceptors (Lipinski definition) is 3. The molecule has 0 saturated carbocycles. The average Bonchev–Trinajstić information content (AvgIpc) is 2.77. The van der Waals surface area contributed by atoms with Crippen molar-refractivity contribution in [1.82, 2.24) is 14.8 Å². The fourth-order valence-corrected chi connectivity index (χ4v) is 2.37. The Bertz CT molecular complexity index is 575. The molecule has 1 N–H and O–H groups in total. The number of halogens is 1. The number of hydrogen-bond donors (Lipinski definition) is 1. The molecule has 4 nitrogen and oxygen atoms in total. The highest BCUT2D eigenvalue weighted by molar-refractivity contribution is 5.18. The van der Waals surface area contributed by atoms with E-state index >= 15 is 0 Å². The van der Waals surface area contributed by atoms with Gasteiger partial charge in [-0.3, -0.25) is 0 Å². The minimum atomic E-state index is -0.945. The molecule has 0 amide bonds. The van der Waals surface area contributed by atoms with Crippen LogP contribution in [0, 0.1) is 11.7 Å². The molecule has 0 saturated heterocycles. The number of benzene rings is 1. The molecule has 0 aliphatic rings. The van der Waals surface area contributed by atoms with Crippen LogP contribution in [0.2, 0.25) is 0 Å². The Morgan fingerprint density at radius 3 is 2.52 bits per heavy atom. The maximum absolute atomic E-state index is 12.9. The van der Waals surface area contributed by atoms with E-state index in [2.05, 4.69) is 23.9 Å². The molecule has 1 aromatic carbocycles. The van der Waals surface area contributed by atoms with E-state index in [-0.39, 0.29) is 5.82 Å². The van der Waals surface area contributed by atoms with Gasteiger partial charge in [-0.1, -0.05) is 26.0 Å². The van der Waals surface area contributed by atoms with Crippen molar-refractivity contribution in [2.75, 3.05) is 0 Å². The lowest BCUT2D eigenvalue weighted by Gasteiger charge is -2.23. The van der Waals surface area contributed by atoms with E-state index in [1.807, 2.05) is 4.68 Å². The normalized spacial score (nSPS) is 14.4. The molecule has 1 unspecified atom stereocenters. The van der Waals surface area contributed by atoms with Crippen LogP contribution in [0.15, 0.2) is 30.6 Å². The zero-order valence-electron chi connectivity index (χ0n) is 12.8. The van der Waals surface area contributed by atoms with Gasteiger partial charge in [-0.15, -0.1) is 0 Å². The van der Waals surface area contributed by atoms with E-state index < -0.39 is 5.60 Å². The third kappa shape index (κ3) is 4.63. The molecule has 5 heteroatoms. The maximum atomic E-state index is 12.9. The molecular weight excluding hydrogens is 269 g/mol. The molecule has 21 heavy (non-hydrogen) atoms. The average molecular weight is 291 g/mol. The number of nitrogens with zero attached hydrogens (tertiary/aromatic N) is 3. The molecule has 0 aliphatic carbocycles. The smallest absolute Gasteiger partial charge is 0.138 e. The lowest BCUT2D eigenvalue weighted by molar-refractivity contribution is 0.0573. The Labute approximate surface area is 124 Å². The first-order valence-electron chi connectivity index (χ1n) is 7.19. The second-order valence-electron chi connectivity index (χ2n) is 6.23. The van der Waals surface area contributed by atoms with Crippen LogP contribution in [0.1, 0.15) is 32.2 Å². The lowest BCUT2D eigenvalue weighted by atomic mass is 9.93. The maximum Gasteiger partial charge on any atom is 0.138 e. The Morgan fingerprint density at radius 1 is 1.24 bits per heavy atom. The van der Waals surface area contributed by atoms with Crippen LogP contribution in [-0.4, -0.2) is 25.5 Å². The van der Waals surface area contributed by atoms with Crippen molar-refractivity contribution < 1.29 is 9.50 Å². The highest BCUT2D eigenvalue weighted by Gasteiger charge is 2.24. The van der Waals surface area contributed by atoms with Gasteiger partial charge in [-0.05, 0) is 30.5 Å². The van der Waals surface area contributed by atoms with Crippen LogP contribution in [0.25, 0.3) is 0 Å². The van der Waals surface area contributed by atoms with Gasteiger partial charge in [0.05, 0.1) is 5.60 Å². The Kier molecular flexibility index (Phi) is 4.73. The summed E-state index contributed by atoms with van der Waals surface area (Å²) in [7, 11) is 0. The summed E-state index contributed by atoms with van der Waals surface area (Å²) in [5.74, 6) is 0.971. The van der Waals surface area contributed by atoms with Crippen molar-refractivity contribution in [1.29, 1.82) is 0 Å². The van der Waals surface area contributed by atoms with Crippen molar-refractivity contribution in [3.8, 4) is 0 Å².